The highest BCUT2D eigenvalue weighted by molar-refractivity contribution is 5.87. The number of nitrogens with two attached hydrogens (primary N) is 1. The number of rotatable bonds is 6. The zero-order valence-corrected chi connectivity index (χ0v) is 13.1. The molecule has 0 saturated heterocycles. The monoisotopic (exact) mass is 291 g/mol. The highest BCUT2D eigenvalue weighted by Gasteiger charge is 2.18. The third-order valence-electron chi connectivity index (χ3n) is 3.40. The maximum atomic E-state index is 11.8. The van der Waals surface area contributed by atoms with E-state index in [-0.39, 0.29) is 30.3 Å². The molecule has 2 atom stereocenters. The molecule has 2 amide bonds. The molecule has 116 valence electrons. The Morgan fingerprint density at radius 3 is 2.24 bits per heavy atom. The fraction of sp³-hybridized carbons (Fsp3) is 0.500. The van der Waals surface area contributed by atoms with Crippen molar-refractivity contribution < 1.29 is 9.59 Å². The third kappa shape index (κ3) is 5.55. The number of amides is 2. The Hall–Kier alpha value is -1.88. The van der Waals surface area contributed by atoms with Gasteiger partial charge in [0.05, 0.1) is 18.6 Å². The van der Waals surface area contributed by atoms with E-state index < -0.39 is 6.04 Å². The largest absolute Gasteiger partial charge is 0.348 e. The van der Waals surface area contributed by atoms with Crippen LogP contribution in [0.4, 0.5) is 0 Å². The van der Waals surface area contributed by atoms with Crippen molar-refractivity contribution in [3.05, 3.63) is 35.4 Å². The first-order chi connectivity index (χ1) is 9.81. The molecule has 0 aliphatic heterocycles. The summed E-state index contributed by atoms with van der Waals surface area (Å²) in [5.74, 6) is -0.491. The second-order valence-electron chi connectivity index (χ2n) is 5.69. The first kappa shape index (κ1) is 17.2. The molecule has 0 spiro atoms. The van der Waals surface area contributed by atoms with Gasteiger partial charge in [0.15, 0.2) is 0 Å². The predicted molar refractivity (Wildman–Crippen MR) is 83.6 cm³/mol. The molecule has 4 N–H and O–H groups in total. The van der Waals surface area contributed by atoms with Crippen LogP contribution in [-0.4, -0.2) is 24.4 Å². The lowest BCUT2D eigenvalue weighted by Crippen LogP contribution is -2.47. The number of hydrogen-bond acceptors (Lipinski definition) is 3. The zero-order chi connectivity index (χ0) is 16.0. The first-order valence-electron chi connectivity index (χ1n) is 7.20. The maximum Gasteiger partial charge on any atom is 0.239 e. The number of hydrogen-bond donors (Lipinski definition) is 3. The number of aryl methyl sites for hydroxylation is 1. The van der Waals surface area contributed by atoms with Crippen LogP contribution < -0.4 is 16.4 Å². The summed E-state index contributed by atoms with van der Waals surface area (Å²) in [5.41, 5.74) is 7.91. The molecule has 21 heavy (non-hydrogen) atoms. The Bertz CT molecular complexity index is 483. The van der Waals surface area contributed by atoms with E-state index in [9.17, 15) is 9.59 Å². The Morgan fingerprint density at radius 1 is 1.14 bits per heavy atom. The minimum absolute atomic E-state index is 0.0412. The summed E-state index contributed by atoms with van der Waals surface area (Å²) in [5, 5.41) is 5.40. The average molecular weight is 291 g/mol. The van der Waals surface area contributed by atoms with E-state index >= 15 is 0 Å². The molecule has 0 aromatic heterocycles. The highest BCUT2D eigenvalue weighted by Crippen LogP contribution is 2.12. The molecule has 1 rings (SSSR count). The quantitative estimate of drug-likeness (QED) is 0.738. The molecule has 0 saturated carbocycles. The molecule has 0 bridgehead atoms. The van der Waals surface area contributed by atoms with E-state index in [4.69, 9.17) is 5.73 Å². The van der Waals surface area contributed by atoms with E-state index in [2.05, 4.69) is 10.6 Å². The van der Waals surface area contributed by atoms with Crippen molar-refractivity contribution in [3.63, 3.8) is 0 Å². The lowest BCUT2D eigenvalue weighted by molar-refractivity contribution is -0.127. The van der Waals surface area contributed by atoms with Gasteiger partial charge in [-0.2, -0.15) is 0 Å². The van der Waals surface area contributed by atoms with Gasteiger partial charge in [0.25, 0.3) is 0 Å². The van der Waals surface area contributed by atoms with Crippen LogP contribution in [0.15, 0.2) is 24.3 Å². The molecule has 0 aliphatic rings. The van der Waals surface area contributed by atoms with Crippen molar-refractivity contribution in [3.8, 4) is 0 Å². The van der Waals surface area contributed by atoms with Gasteiger partial charge in [-0.05, 0) is 25.3 Å². The van der Waals surface area contributed by atoms with Gasteiger partial charge in [-0.1, -0.05) is 43.7 Å². The van der Waals surface area contributed by atoms with Crippen LogP contribution in [0.5, 0.6) is 0 Å². The molecule has 0 fully saturated rings. The Kier molecular flexibility index (Phi) is 6.37. The van der Waals surface area contributed by atoms with Gasteiger partial charge in [-0.3, -0.25) is 9.59 Å². The Labute approximate surface area is 126 Å². The minimum atomic E-state index is -0.590. The minimum Gasteiger partial charge on any atom is -0.348 e. The van der Waals surface area contributed by atoms with Gasteiger partial charge in [-0.15, -0.1) is 0 Å². The van der Waals surface area contributed by atoms with Gasteiger partial charge < -0.3 is 16.4 Å². The van der Waals surface area contributed by atoms with Crippen LogP contribution in [0.1, 0.15) is 37.9 Å². The van der Waals surface area contributed by atoms with Crippen molar-refractivity contribution in [2.24, 2.45) is 11.7 Å². The lowest BCUT2D eigenvalue weighted by Gasteiger charge is -2.17. The van der Waals surface area contributed by atoms with Gasteiger partial charge >= 0.3 is 0 Å². The van der Waals surface area contributed by atoms with Crippen molar-refractivity contribution in [2.75, 3.05) is 6.54 Å². The van der Waals surface area contributed by atoms with Crippen LogP contribution >= 0.6 is 0 Å². The second kappa shape index (κ2) is 7.78. The summed E-state index contributed by atoms with van der Waals surface area (Å²) in [6, 6.07) is 7.27. The lowest BCUT2D eigenvalue weighted by atomic mass is 10.1. The number of benzene rings is 1. The van der Waals surface area contributed by atoms with Gasteiger partial charge in [0, 0.05) is 0 Å². The average Bonchev–Trinajstić information content (AvgIpc) is 2.44. The van der Waals surface area contributed by atoms with Gasteiger partial charge in [0.1, 0.15) is 0 Å². The summed E-state index contributed by atoms with van der Waals surface area (Å²) in [6.07, 6.45) is 0. The van der Waals surface area contributed by atoms with Crippen LogP contribution in [0.3, 0.4) is 0 Å². The van der Waals surface area contributed by atoms with Crippen LogP contribution in [0.25, 0.3) is 0 Å². The smallest absolute Gasteiger partial charge is 0.239 e. The molecule has 0 radical (unpaired) electrons. The normalized spacial score (nSPS) is 13.6. The van der Waals surface area contributed by atoms with Crippen molar-refractivity contribution in [1.29, 1.82) is 0 Å². The van der Waals surface area contributed by atoms with Crippen LogP contribution in [0, 0.1) is 12.8 Å². The predicted octanol–water partition coefficient (Wildman–Crippen LogP) is 1.27. The van der Waals surface area contributed by atoms with E-state index in [1.165, 1.54) is 5.56 Å². The molecule has 5 heteroatoms. The molecule has 5 nitrogen and oxygen atoms in total. The summed E-state index contributed by atoms with van der Waals surface area (Å²) in [4.78, 5) is 23.5. The number of carbonyl (C=O) groups is 2. The van der Waals surface area contributed by atoms with E-state index in [1.54, 1.807) is 0 Å². The van der Waals surface area contributed by atoms with Crippen LogP contribution in [-0.2, 0) is 9.59 Å². The Morgan fingerprint density at radius 2 is 1.71 bits per heavy atom. The van der Waals surface area contributed by atoms with Crippen molar-refractivity contribution in [2.45, 2.75) is 39.8 Å². The highest BCUT2D eigenvalue weighted by atomic mass is 16.2. The number of carbonyl (C=O) groups excluding carboxylic acids is 2. The summed E-state index contributed by atoms with van der Waals surface area (Å²) >= 11 is 0. The SMILES string of the molecule is Cc1ccc([C@H](C)NC(=O)CNC(=O)[C@@H](N)C(C)C)cc1. The summed E-state index contributed by atoms with van der Waals surface area (Å²) in [7, 11) is 0. The molecular formula is C16H25N3O2. The maximum absolute atomic E-state index is 11.8. The molecule has 1 aromatic rings. The van der Waals surface area contributed by atoms with E-state index in [0.717, 1.165) is 5.56 Å². The van der Waals surface area contributed by atoms with Crippen LogP contribution in [0.2, 0.25) is 0 Å². The topological polar surface area (TPSA) is 84.2 Å². The summed E-state index contributed by atoms with van der Waals surface area (Å²) in [6.45, 7) is 7.59. The number of nitrogens with one attached hydrogen (secondary N) is 2. The zero-order valence-electron chi connectivity index (χ0n) is 13.1. The first-order valence-corrected chi connectivity index (χ1v) is 7.20. The Balaban J connectivity index is 2.43. The van der Waals surface area contributed by atoms with Gasteiger partial charge in [0.2, 0.25) is 11.8 Å². The molecule has 0 heterocycles. The van der Waals surface area contributed by atoms with E-state index in [1.807, 2.05) is 52.0 Å². The molecular weight excluding hydrogens is 266 g/mol. The third-order valence-corrected chi connectivity index (χ3v) is 3.40. The fourth-order valence-corrected chi connectivity index (χ4v) is 1.82. The second-order valence-corrected chi connectivity index (χ2v) is 5.69. The van der Waals surface area contributed by atoms with Crippen molar-refractivity contribution in [1.82, 2.24) is 10.6 Å². The van der Waals surface area contributed by atoms with Crippen molar-refractivity contribution >= 4 is 11.8 Å². The molecule has 1 aromatic carbocycles. The standard InChI is InChI=1S/C16H25N3O2/c1-10(2)15(17)16(21)18-9-14(20)19-12(4)13-7-5-11(3)6-8-13/h5-8,10,12,15H,9,17H2,1-4H3,(H,18,21)(H,19,20)/t12-,15-/m0/s1. The summed E-state index contributed by atoms with van der Waals surface area (Å²) < 4.78 is 0. The molecule has 0 aliphatic carbocycles. The van der Waals surface area contributed by atoms with Gasteiger partial charge in [-0.25, -0.2) is 0 Å². The fourth-order valence-electron chi connectivity index (χ4n) is 1.82. The van der Waals surface area contributed by atoms with E-state index in [0.29, 0.717) is 0 Å². The molecule has 0 unspecified atom stereocenters.